The van der Waals surface area contributed by atoms with Crippen molar-refractivity contribution in [2.24, 2.45) is 0 Å². The fourth-order valence-electron chi connectivity index (χ4n) is 5.17. The van der Waals surface area contributed by atoms with Gasteiger partial charge in [-0.05, 0) is 66.9 Å². The Morgan fingerprint density at radius 1 is 0.977 bits per heavy atom. The summed E-state index contributed by atoms with van der Waals surface area (Å²) in [5.41, 5.74) is 2.85. The van der Waals surface area contributed by atoms with Gasteiger partial charge in [0.2, 0.25) is 0 Å². The van der Waals surface area contributed by atoms with Crippen LogP contribution in [0.1, 0.15) is 35.4 Å². The zero-order valence-electron chi connectivity index (χ0n) is 25.5. The van der Waals surface area contributed by atoms with Gasteiger partial charge in [-0.2, -0.15) is 0 Å². The largest absolute Gasteiger partial charge is 0.496 e. The molecule has 2 unspecified atom stereocenters. The molecular formula is C34H43FN2O7. The predicted octanol–water partition coefficient (Wildman–Crippen LogP) is 5.51. The van der Waals surface area contributed by atoms with Gasteiger partial charge in [0.15, 0.2) is 0 Å². The van der Waals surface area contributed by atoms with Crippen LogP contribution in [0, 0.1) is 5.82 Å². The maximum absolute atomic E-state index is 13.8. The van der Waals surface area contributed by atoms with Gasteiger partial charge in [0, 0.05) is 38.0 Å². The summed E-state index contributed by atoms with van der Waals surface area (Å²) in [6.07, 6.45) is 1.04. The lowest BCUT2D eigenvalue weighted by Crippen LogP contribution is -2.41. The molecule has 238 valence electrons. The Morgan fingerprint density at radius 2 is 1.80 bits per heavy atom. The first-order valence-electron chi connectivity index (χ1n) is 15.0. The Labute approximate surface area is 258 Å². The fourth-order valence-corrected chi connectivity index (χ4v) is 5.17. The number of carbonyl (C=O) groups is 1. The van der Waals surface area contributed by atoms with Gasteiger partial charge in [-0.3, -0.25) is 0 Å². The standard InChI is InChI=1S/C34H43FN2O7/c1-37(34(38)39)17-15-26-22-28(35)10-13-32(26)43-20-21-44-33-23-36-16-14-30(33)25-8-11-29(12-9-25)42-19-5-18-41-24-27-6-3-4-7-31(27)40-2/h3-4,6-13,22,30,33,36H,5,14-21,23-24H2,1-2H3,(H,38,39). The van der Waals surface area contributed by atoms with Crippen LogP contribution < -0.4 is 19.5 Å². The Kier molecular flexibility index (Phi) is 13.1. The molecule has 0 radical (unpaired) electrons. The second-order valence-corrected chi connectivity index (χ2v) is 10.7. The normalized spacial score (nSPS) is 16.3. The van der Waals surface area contributed by atoms with Crippen LogP contribution in [-0.2, 0) is 22.5 Å². The molecule has 1 aliphatic heterocycles. The molecule has 44 heavy (non-hydrogen) atoms. The van der Waals surface area contributed by atoms with Gasteiger partial charge >= 0.3 is 6.09 Å². The van der Waals surface area contributed by atoms with Crippen LogP contribution in [-0.4, -0.2) is 82.4 Å². The van der Waals surface area contributed by atoms with Crippen molar-refractivity contribution in [2.45, 2.75) is 37.9 Å². The second-order valence-electron chi connectivity index (χ2n) is 10.7. The molecule has 0 aromatic heterocycles. The van der Waals surface area contributed by atoms with E-state index in [2.05, 4.69) is 17.4 Å². The first-order valence-corrected chi connectivity index (χ1v) is 15.0. The van der Waals surface area contributed by atoms with Crippen molar-refractivity contribution in [3.8, 4) is 17.2 Å². The van der Waals surface area contributed by atoms with Crippen molar-refractivity contribution in [1.82, 2.24) is 10.2 Å². The summed E-state index contributed by atoms with van der Waals surface area (Å²) in [6, 6.07) is 20.4. The molecular weight excluding hydrogens is 567 g/mol. The number of hydrogen-bond donors (Lipinski definition) is 2. The van der Waals surface area contributed by atoms with Crippen molar-refractivity contribution >= 4 is 6.09 Å². The van der Waals surface area contributed by atoms with Gasteiger partial charge in [0.1, 0.15) is 29.7 Å². The van der Waals surface area contributed by atoms with Crippen LogP contribution in [0.2, 0.25) is 0 Å². The number of ether oxygens (including phenoxy) is 5. The van der Waals surface area contributed by atoms with Crippen molar-refractivity contribution in [3.05, 3.63) is 89.2 Å². The van der Waals surface area contributed by atoms with Gasteiger partial charge in [0.25, 0.3) is 0 Å². The lowest BCUT2D eigenvalue weighted by Gasteiger charge is -2.32. The summed E-state index contributed by atoms with van der Waals surface area (Å²) in [5.74, 6) is 2.04. The quantitative estimate of drug-likeness (QED) is 0.193. The van der Waals surface area contributed by atoms with Gasteiger partial charge < -0.3 is 39.0 Å². The topological polar surface area (TPSA) is 98.7 Å². The number of amides is 1. The van der Waals surface area contributed by atoms with E-state index in [1.165, 1.54) is 24.7 Å². The van der Waals surface area contributed by atoms with Crippen molar-refractivity contribution in [1.29, 1.82) is 0 Å². The summed E-state index contributed by atoms with van der Waals surface area (Å²) in [5, 5.41) is 12.5. The fraction of sp³-hybridized carbons (Fsp3) is 0.441. The van der Waals surface area contributed by atoms with E-state index in [-0.39, 0.29) is 24.4 Å². The lowest BCUT2D eigenvalue weighted by molar-refractivity contribution is 0.00719. The van der Waals surface area contributed by atoms with Gasteiger partial charge in [-0.25, -0.2) is 9.18 Å². The minimum absolute atomic E-state index is 0.0172. The van der Waals surface area contributed by atoms with Gasteiger partial charge in [-0.15, -0.1) is 0 Å². The number of benzene rings is 3. The Balaban J connectivity index is 1.19. The Bertz CT molecular complexity index is 1310. The van der Waals surface area contributed by atoms with Gasteiger partial charge in [0.05, 0.1) is 39.6 Å². The highest BCUT2D eigenvalue weighted by molar-refractivity contribution is 5.64. The molecule has 1 heterocycles. The number of hydrogen-bond acceptors (Lipinski definition) is 7. The molecule has 1 amide bonds. The molecule has 1 aliphatic rings. The third-order valence-electron chi connectivity index (χ3n) is 7.62. The molecule has 10 heteroatoms. The van der Waals surface area contributed by atoms with E-state index >= 15 is 0 Å². The van der Waals surface area contributed by atoms with Gasteiger partial charge in [-0.1, -0.05) is 30.3 Å². The highest BCUT2D eigenvalue weighted by atomic mass is 19.1. The minimum atomic E-state index is -1.03. The Hall–Kier alpha value is -3.86. The molecule has 3 aromatic carbocycles. The zero-order valence-corrected chi connectivity index (χ0v) is 25.5. The number of para-hydroxylation sites is 1. The highest BCUT2D eigenvalue weighted by Crippen LogP contribution is 2.29. The van der Waals surface area contributed by atoms with Crippen molar-refractivity contribution in [3.63, 3.8) is 0 Å². The highest BCUT2D eigenvalue weighted by Gasteiger charge is 2.27. The number of carboxylic acid groups (broad SMARTS) is 1. The smallest absolute Gasteiger partial charge is 0.407 e. The molecule has 0 saturated carbocycles. The average molecular weight is 611 g/mol. The summed E-state index contributed by atoms with van der Waals surface area (Å²) < 4.78 is 43.1. The third kappa shape index (κ3) is 10.1. The maximum Gasteiger partial charge on any atom is 0.407 e. The van der Waals surface area contributed by atoms with Crippen LogP contribution in [0.15, 0.2) is 66.7 Å². The molecule has 3 aromatic rings. The molecule has 9 nitrogen and oxygen atoms in total. The second kappa shape index (κ2) is 17.4. The number of piperidine rings is 1. The summed E-state index contributed by atoms with van der Waals surface area (Å²) in [7, 11) is 3.14. The number of nitrogens with one attached hydrogen (secondary N) is 1. The van der Waals surface area contributed by atoms with Crippen molar-refractivity contribution in [2.75, 3.05) is 60.2 Å². The van der Waals surface area contributed by atoms with Crippen LogP contribution in [0.5, 0.6) is 17.2 Å². The average Bonchev–Trinajstić information content (AvgIpc) is 3.04. The van der Waals surface area contributed by atoms with E-state index in [1.54, 1.807) is 13.2 Å². The van der Waals surface area contributed by atoms with Crippen molar-refractivity contribution < 1.29 is 38.0 Å². The molecule has 4 rings (SSSR count). The summed E-state index contributed by atoms with van der Waals surface area (Å²) in [4.78, 5) is 12.3. The number of likely N-dealkylation sites (N-methyl/N-ethyl adjacent to an activating group) is 1. The van der Waals surface area contributed by atoms with E-state index in [0.29, 0.717) is 50.8 Å². The van der Waals surface area contributed by atoms with E-state index in [9.17, 15) is 9.18 Å². The Morgan fingerprint density at radius 3 is 2.59 bits per heavy atom. The molecule has 0 spiro atoms. The van der Waals surface area contributed by atoms with Crippen LogP contribution >= 0.6 is 0 Å². The van der Waals surface area contributed by atoms with Crippen LogP contribution in [0.3, 0.4) is 0 Å². The number of nitrogens with zero attached hydrogens (tertiary/aromatic N) is 1. The minimum Gasteiger partial charge on any atom is -0.496 e. The molecule has 1 fully saturated rings. The molecule has 0 aliphatic carbocycles. The number of halogens is 1. The first kappa shape index (κ1) is 33.0. The van der Waals surface area contributed by atoms with Crippen LogP contribution in [0.25, 0.3) is 0 Å². The zero-order chi connectivity index (χ0) is 31.1. The molecule has 1 saturated heterocycles. The third-order valence-corrected chi connectivity index (χ3v) is 7.62. The molecule has 0 bridgehead atoms. The van der Waals surface area contributed by atoms with E-state index in [1.807, 2.05) is 36.4 Å². The number of rotatable bonds is 17. The first-order chi connectivity index (χ1) is 21.4. The monoisotopic (exact) mass is 610 g/mol. The summed E-state index contributed by atoms with van der Waals surface area (Å²) >= 11 is 0. The molecule has 2 atom stereocenters. The lowest BCUT2D eigenvalue weighted by atomic mass is 9.88. The predicted molar refractivity (Wildman–Crippen MR) is 165 cm³/mol. The number of methoxy groups -OCH3 is 1. The van der Waals surface area contributed by atoms with E-state index < -0.39 is 6.09 Å². The van der Waals surface area contributed by atoms with Crippen LogP contribution in [0.4, 0.5) is 9.18 Å². The molecule has 2 N–H and O–H groups in total. The SMILES string of the molecule is COc1ccccc1COCCCOc1ccc(C2CCNCC2OCCOc2ccc(F)cc2CCN(C)C(=O)O)cc1. The maximum atomic E-state index is 13.8. The summed E-state index contributed by atoms with van der Waals surface area (Å²) in [6.45, 7) is 4.23. The van der Waals surface area contributed by atoms with E-state index in [4.69, 9.17) is 28.8 Å². The van der Waals surface area contributed by atoms with E-state index in [0.717, 1.165) is 47.9 Å².